The van der Waals surface area contributed by atoms with Crippen molar-refractivity contribution in [2.75, 3.05) is 20.6 Å². The molecule has 18 heavy (non-hydrogen) atoms. The summed E-state index contributed by atoms with van der Waals surface area (Å²) in [7, 11) is 3.38. The van der Waals surface area contributed by atoms with Crippen LogP contribution in [0.5, 0.6) is 0 Å². The van der Waals surface area contributed by atoms with Crippen LogP contribution in [0.2, 0.25) is 0 Å². The van der Waals surface area contributed by atoms with Crippen LogP contribution in [0, 0.1) is 5.41 Å². The number of carbonyl (C=O) groups is 2. The summed E-state index contributed by atoms with van der Waals surface area (Å²) in [4.78, 5) is 24.6. The van der Waals surface area contributed by atoms with E-state index < -0.39 is 5.41 Å². The molecule has 1 heterocycles. The topological polar surface area (TPSA) is 70.7 Å². The first-order valence-electron chi connectivity index (χ1n) is 6.12. The molecule has 0 aliphatic carbocycles. The maximum absolute atomic E-state index is 11.7. The molecule has 2 amide bonds. The van der Waals surface area contributed by atoms with Gasteiger partial charge in [-0.05, 0) is 20.8 Å². The Labute approximate surface area is 108 Å². The Hall–Kier alpha value is -1.30. The predicted octanol–water partition coefficient (Wildman–Crippen LogP) is 0.535. The SMILES string of the molecule is CN(C)C(=O)N[C@H]1CNC(OC(=O)C(C)(C)C)C1. The molecule has 6 heteroatoms. The van der Waals surface area contributed by atoms with Gasteiger partial charge in [-0.3, -0.25) is 10.1 Å². The lowest BCUT2D eigenvalue weighted by Crippen LogP contribution is -2.42. The van der Waals surface area contributed by atoms with Crippen molar-refractivity contribution in [2.24, 2.45) is 5.41 Å². The Kier molecular flexibility index (Phi) is 4.56. The number of esters is 1. The average molecular weight is 257 g/mol. The minimum atomic E-state index is -0.507. The molecule has 6 nitrogen and oxygen atoms in total. The lowest BCUT2D eigenvalue weighted by Gasteiger charge is -2.20. The van der Waals surface area contributed by atoms with Crippen molar-refractivity contribution in [1.82, 2.24) is 15.5 Å². The number of rotatable bonds is 2. The van der Waals surface area contributed by atoms with Crippen molar-refractivity contribution >= 4 is 12.0 Å². The van der Waals surface area contributed by atoms with Gasteiger partial charge >= 0.3 is 12.0 Å². The van der Waals surface area contributed by atoms with Crippen molar-refractivity contribution in [2.45, 2.75) is 39.5 Å². The van der Waals surface area contributed by atoms with E-state index in [4.69, 9.17) is 4.74 Å². The van der Waals surface area contributed by atoms with Crippen LogP contribution < -0.4 is 10.6 Å². The molecule has 1 aliphatic heterocycles. The fourth-order valence-corrected chi connectivity index (χ4v) is 1.51. The van der Waals surface area contributed by atoms with E-state index in [1.165, 1.54) is 4.90 Å². The highest BCUT2D eigenvalue weighted by Gasteiger charge is 2.31. The third-order valence-corrected chi connectivity index (χ3v) is 2.69. The highest BCUT2D eigenvalue weighted by Crippen LogP contribution is 2.18. The Morgan fingerprint density at radius 2 is 1.94 bits per heavy atom. The van der Waals surface area contributed by atoms with Crippen LogP contribution >= 0.6 is 0 Å². The molecule has 0 aromatic rings. The molecule has 104 valence electrons. The summed E-state index contributed by atoms with van der Waals surface area (Å²) < 4.78 is 5.33. The summed E-state index contributed by atoms with van der Waals surface area (Å²) in [5, 5.41) is 5.93. The summed E-state index contributed by atoms with van der Waals surface area (Å²) in [6.45, 7) is 6.06. The summed E-state index contributed by atoms with van der Waals surface area (Å²) in [6.07, 6.45) is 0.283. The van der Waals surface area contributed by atoms with E-state index in [0.29, 0.717) is 13.0 Å². The van der Waals surface area contributed by atoms with Crippen molar-refractivity contribution < 1.29 is 14.3 Å². The van der Waals surface area contributed by atoms with Gasteiger partial charge in [-0.1, -0.05) is 0 Å². The van der Waals surface area contributed by atoms with Crippen molar-refractivity contribution in [1.29, 1.82) is 0 Å². The minimum absolute atomic E-state index is 0.00216. The predicted molar refractivity (Wildman–Crippen MR) is 68.0 cm³/mol. The Morgan fingerprint density at radius 1 is 1.33 bits per heavy atom. The molecular formula is C12H23N3O3. The van der Waals surface area contributed by atoms with Crippen molar-refractivity contribution in [3.05, 3.63) is 0 Å². The normalized spacial score (nSPS) is 23.6. The van der Waals surface area contributed by atoms with Gasteiger partial charge in [-0.25, -0.2) is 4.79 Å². The maximum atomic E-state index is 11.7. The first-order valence-corrected chi connectivity index (χ1v) is 6.12. The fourth-order valence-electron chi connectivity index (χ4n) is 1.51. The molecule has 0 saturated carbocycles. The smallest absolute Gasteiger partial charge is 0.317 e. The summed E-state index contributed by atoms with van der Waals surface area (Å²) in [5.74, 6) is -0.236. The van der Waals surface area contributed by atoms with E-state index in [1.807, 2.05) is 20.8 Å². The largest absolute Gasteiger partial charge is 0.446 e. The van der Waals surface area contributed by atoms with Gasteiger partial charge < -0.3 is 15.0 Å². The lowest BCUT2D eigenvalue weighted by atomic mass is 9.97. The van der Waals surface area contributed by atoms with Crippen LogP contribution in [-0.4, -0.2) is 49.8 Å². The number of urea groups is 1. The second-order valence-electron chi connectivity index (χ2n) is 5.83. The number of nitrogens with one attached hydrogen (secondary N) is 2. The van der Waals surface area contributed by atoms with Crippen molar-refractivity contribution in [3.63, 3.8) is 0 Å². The zero-order chi connectivity index (χ0) is 13.9. The second-order valence-corrected chi connectivity index (χ2v) is 5.83. The van der Waals surface area contributed by atoms with Gasteiger partial charge in [0.15, 0.2) is 6.23 Å². The molecule has 0 spiro atoms. The van der Waals surface area contributed by atoms with Gasteiger partial charge in [-0.2, -0.15) is 0 Å². The first-order chi connectivity index (χ1) is 8.20. The van der Waals surface area contributed by atoms with Gasteiger partial charge in [-0.15, -0.1) is 0 Å². The molecule has 1 aliphatic rings. The molecule has 2 atom stereocenters. The highest BCUT2D eigenvalue weighted by molar-refractivity contribution is 5.75. The lowest BCUT2D eigenvalue weighted by molar-refractivity contribution is -0.159. The molecule has 1 saturated heterocycles. The fraction of sp³-hybridized carbons (Fsp3) is 0.833. The van der Waals surface area contributed by atoms with Crippen LogP contribution in [0.25, 0.3) is 0 Å². The molecular weight excluding hydrogens is 234 g/mol. The molecule has 0 aromatic carbocycles. The van der Waals surface area contributed by atoms with Crippen LogP contribution in [-0.2, 0) is 9.53 Å². The quantitative estimate of drug-likeness (QED) is 0.708. The first kappa shape index (κ1) is 14.8. The number of ether oxygens (including phenoxy) is 1. The summed E-state index contributed by atoms with van der Waals surface area (Å²) in [5.41, 5.74) is -0.507. The van der Waals surface area contributed by atoms with Crippen LogP contribution in [0.15, 0.2) is 0 Å². The number of nitrogens with zero attached hydrogens (tertiary/aromatic N) is 1. The molecule has 0 radical (unpaired) electrons. The number of amides is 2. The standard InChI is InChI=1S/C12H23N3O3/c1-12(2,3)10(16)18-9-6-8(7-13-9)14-11(17)15(4)5/h8-9,13H,6-7H2,1-5H3,(H,14,17)/t8-,9?/m1/s1. The van der Waals surface area contributed by atoms with E-state index in [9.17, 15) is 9.59 Å². The van der Waals surface area contributed by atoms with E-state index in [2.05, 4.69) is 10.6 Å². The van der Waals surface area contributed by atoms with Crippen molar-refractivity contribution in [3.8, 4) is 0 Å². The Morgan fingerprint density at radius 3 is 2.44 bits per heavy atom. The Balaban J connectivity index is 2.38. The summed E-state index contributed by atoms with van der Waals surface area (Å²) >= 11 is 0. The van der Waals surface area contributed by atoms with E-state index >= 15 is 0 Å². The number of hydrogen-bond acceptors (Lipinski definition) is 4. The maximum Gasteiger partial charge on any atom is 0.317 e. The monoisotopic (exact) mass is 257 g/mol. The number of hydrogen-bond donors (Lipinski definition) is 2. The second kappa shape index (κ2) is 5.56. The van der Waals surface area contributed by atoms with Crippen LogP contribution in [0.4, 0.5) is 4.79 Å². The Bertz CT molecular complexity index is 323. The molecule has 0 bridgehead atoms. The van der Waals surface area contributed by atoms with E-state index in [1.54, 1.807) is 14.1 Å². The third-order valence-electron chi connectivity index (χ3n) is 2.69. The van der Waals surface area contributed by atoms with Gasteiger partial charge in [0.1, 0.15) is 0 Å². The molecule has 1 unspecified atom stereocenters. The van der Waals surface area contributed by atoms with Gasteiger partial charge in [0.25, 0.3) is 0 Å². The molecule has 1 rings (SSSR count). The number of carbonyl (C=O) groups excluding carboxylic acids is 2. The third kappa shape index (κ3) is 4.18. The zero-order valence-electron chi connectivity index (χ0n) is 11.7. The average Bonchev–Trinajstić information content (AvgIpc) is 2.63. The summed E-state index contributed by atoms with van der Waals surface area (Å²) in [6, 6.07) is -0.137. The van der Waals surface area contributed by atoms with Gasteiger partial charge in [0, 0.05) is 33.1 Å². The van der Waals surface area contributed by atoms with Crippen LogP contribution in [0.3, 0.4) is 0 Å². The zero-order valence-corrected chi connectivity index (χ0v) is 11.7. The minimum Gasteiger partial charge on any atom is -0.446 e. The van der Waals surface area contributed by atoms with Gasteiger partial charge in [0.05, 0.1) is 5.41 Å². The molecule has 0 aromatic heterocycles. The molecule has 1 fully saturated rings. The molecule has 2 N–H and O–H groups in total. The van der Waals surface area contributed by atoms with E-state index in [0.717, 1.165) is 0 Å². The van der Waals surface area contributed by atoms with Crippen LogP contribution in [0.1, 0.15) is 27.2 Å². The highest BCUT2D eigenvalue weighted by atomic mass is 16.6. The van der Waals surface area contributed by atoms with Gasteiger partial charge in [0.2, 0.25) is 0 Å². The van der Waals surface area contributed by atoms with E-state index in [-0.39, 0.29) is 24.3 Å².